The summed E-state index contributed by atoms with van der Waals surface area (Å²) in [7, 11) is -3.00. The largest absolute Gasteiger partial charge is 0.494 e. The molecule has 0 saturated carbocycles. The summed E-state index contributed by atoms with van der Waals surface area (Å²) < 4.78 is 45.0. The van der Waals surface area contributed by atoms with Gasteiger partial charge in [-0.15, -0.1) is 0 Å². The lowest BCUT2D eigenvalue weighted by Gasteiger charge is -2.23. The van der Waals surface area contributed by atoms with E-state index in [2.05, 4.69) is 0 Å². The zero-order chi connectivity index (χ0) is 18.6. The predicted octanol–water partition coefficient (Wildman–Crippen LogP) is 2.68. The average Bonchev–Trinajstić information content (AvgIpc) is 2.59. The number of ether oxygens (including phenoxy) is 1. The van der Waals surface area contributed by atoms with Crippen LogP contribution in [0.1, 0.15) is 12.5 Å². The van der Waals surface area contributed by atoms with Gasteiger partial charge in [0.1, 0.15) is 6.54 Å². The van der Waals surface area contributed by atoms with Crippen molar-refractivity contribution in [2.24, 2.45) is 0 Å². The predicted molar refractivity (Wildman–Crippen MR) is 90.9 cm³/mol. The lowest BCUT2D eigenvalue weighted by Crippen LogP contribution is -2.35. The first-order valence-corrected chi connectivity index (χ1v) is 8.90. The molecule has 0 aliphatic rings. The molecule has 0 radical (unpaired) electrons. The minimum atomic E-state index is -4.26. The molecule has 0 aliphatic carbocycles. The van der Waals surface area contributed by atoms with Gasteiger partial charge in [0.25, 0.3) is 10.0 Å². The van der Waals surface area contributed by atoms with E-state index in [1.807, 2.05) is 6.92 Å². The normalized spacial score (nSPS) is 11.2. The molecule has 2 aromatic rings. The van der Waals surface area contributed by atoms with Gasteiger partial charge in [0.15, 0.2) is 11.6 Å². The number of hydrogen-bond acceptors (Lipinski definition) is 4. The number of carbonyl (C=O) groups is 1. The number of methoxy groups -OCH3 is 1. The molecule has 0 fully saturated rings. The van der Waals surface area contributed by atoms with Crippen LogP contribution in [-0.4, -0.2) is 33.1 Å². The molecule has 25 heavy (non-hydrogen) atoms. The van der Waals surface area contributed by atoms with E-state index in [0.29, 0.717) is 0 Å². The van der Waals surface area contributed by atoms with E-state index < -0.39 is 28.4 Å². The number of halogens is 1. The van der Waals surface area contributed by atoms with Crippen molar-refractivity contribution >= 4 is 21.7 Å². The van der Waals surface area contributed by atoms with Gasteiger partial charge in [0.2, 0.25) is 0 Å². The summed E-state index contributed by atoms with van der Waals surface area (Å²) in [6.45, 7) is 1.17. The molecule has 0 aromatic heterocycles. The van der Waals surface area contributed by atoms with Crippen LogP contribution >= 0.6 is 0 Å². The van der Waals surface area contributed by atoms with E-state index in [0.717, 1.165) is 22.4 Å². The molecule has 0 saturated heterocycles. The number of sulfonamides is 1. The minimum Gasteiger partial charge on any atom is -0.494 e. The highest BCUT2D eigenvalue weighted by molar-refractivity contribution is 7.92. The fourth-order valence-corrected chi connectivity index (χ4v) is 3.70. The molecule has 0 aliphatic heterocycles. The van der Waals surface area contributed by atoms with E-state index in [-0.39, 0.29) is 16.3 Å². The average molecular weight is 367 g/mol. The Kier molecular flexibility index (Phi) is 5.63. The van der Waals surface area contributed by atoms with E-state index >= 15 is 0 Å². The Morgan fingerprint density at radius 1 is 1.20 bits per heavy atom. The van der Waals surface area contributed by atoms with Crippen molar-refractivity contribution in [3.63, 3.8) is 0 Å². The fraction of sp³-hybridized carbons (Fsp3) is 0.235. The number of carboxylic acids is 1. The zero-order valence-corrected chi connectivity index (χ0v) is 14.6. The third kappa shape index (κ3) is 4.08. The summed E-state index contributed by atoms with van der Waals surface area (Å²) in [5.41, 5.74) is 1.17. The van der Waals surface area contributed by atoms with Crippen LogP contribution in [0, 0.1) is 5.82 Å². The second-order valence-electron chi connectivity index (χ2n) is 5.22. The van der Waals surface area contributed by atoms with Gasteiger partial charge in [-0.05, 0) is 42.3 Å². The number of anilines is 1. The van der Waals surface area contributed by atoms with E-state index in [1.165, 1.54) is 31.4 Å². The lowest BCUT2D eigenvalue weighted by molar-refractivity contribution is -0.135. The molecule has 0 spiro atoms. The van der Waals surface area contributed by atoms with Gasteiger partial charge < -0.3 is 9.84 Å². The number of benzene rings is 2. The highest BCUT2D eigenvalue weighted by atomic mass is 32.2. The zero-order valence-electron chi connectivity index (χ0n) is 13.8. The van der Waals surface area contributed by atoms with Gasteiger partial charge in [0, 0.05) is 0 Å². The first kappa shape index (κ1) is 18.7. The SMILES string of the molecule is CCc1ccc(N(CC(=O)O)S(=O)(=O)c2ccc(OC)c(F)c2)cc1. The van der Waals surface area contributed by atoms with Gasteiger partial charge in [-0.25, -0.2) is 12.8 Å². The highest BCUT2D eigenvalue weighted by Gasteiger charge is 2.28. The molecule has 134 valence electrons. The van der Waals surface area contributed by atoms with Crippen LogP contribution in [0.5, 0.6) is 5.75 Å². The van der Waals surface area contributed by atoms with Gasteiger partial charge in [-0.2, -0.15) is 0 Å². The summed E-state index contributed by atoms with van der Waals surface area (Å²) >= 11 is 0. The summed E-state index contributed by atoms with van der Waals surface area (Å²) in [4.78, 5) is 10.8. The van der Waals surface area contributed by atoms with Crippen LogP contribution in [0.4, 0.5) is 10.1 Å². The van der Waals surface area contributed by atoms with Crippen LogP contribution in [0.15, 0.2) is 47.4 Å². The van der Waals surface area contributed by atoms with Crippen LogP contribution in [0.2, 0.25) is 0 Å². The highest BCUT2D eigenvalue weighted by Crippen LogP contribution is 2.27. The topological polar surface area (TPSA) is 83.9 Å². The maximum atomic E-state index is 13.9. The van der Waals surface area contributed by atoms with Crippen molar-refractivity contribution in [3.8, 4) is 5.75 Å². The van der Waals surface area contributed by atoms with Crippen molar-refractivity contribution in [2.45, 2.75) is 18.2 Å². The monoisotopic (exact) mass is 367 g/mol. The van der Waals surface area contributed by atoms with Crippen molar-refractivity contribution in [1.82, 2.24) is 0 Å². The maximum absolute atomic E-state index is 13.9. The van der Waals surface area contributed by atoms with Crippen LogP contribution < -0.4 is 9.04 Å². The molecule has 2 aromatic carbocycles. The summed E-state index contributed by atoms with van der Waals surface area (Å²) in [6.07, 6.45) is 0.760. The standard InChI is InChI=1S/C17H18FNO5S/c1-3-12-4-6-13(7-5-12)19(11-17(20)21)25(22,23)14-8-9-16(24-2)15(18)10-14/h4-10H,3,11H2,1-2H3,(H,20,21). The Labute approximate surface area is 145 Å². The smallest absolute Gasteiger partial charge is 0.324 e. The molecule has 0 unspecified atom stereocenters. The summed E-state index contributed by atoms with van der Waals surface area (Å²) in [5, 5.41) is 9.09. The van der Waals surface area contributed by atoms with Crippen molar-refractivity contribution in [2.75, 3.05) is 18.0 Å². The van der Waals surface area contributed by atoms with Crippen LogP contribution in [0.3, 0.4) is 0 Å². The van der Waals surface area contributed by atoms with Crippen molar-refractivity contribution < 1.29 is 27.4 Å². The number of carboxylic acid groups (broad SMARTS) is 1. The molecule has 0 atom stereocenters. The Bertz CT molecular complexity index is 865. The third-order valence-corrected chi connectivity index (χ3v) is 5.39. The number of nitrogens with zero attached hydrogens (tertiary/aromatic N) is 1. The Morgan fingerprint density at radius 3 is 2.32 bits per heavy atom. The molecular weight excluding hydrogens is 349 g/mol. The molecule has 2 rings (SSSR count). The molecule has 1 N–H and O–H groups in total. The Morgan fingerprint density at radius 2 is 1.84 bits per heavy atom. The van der Waals surface area contributed by atoms with Gasteiger partial charge in [-0.1, -0.05) is 19.1 Å². The molecule has 0 amide bonds. The minimum absolute atomic E-state index is 0.101. The third-order valence-electron chi connectivity index (χ3n) is 3.62. The first-order valence-electron chi connectivity index (χ1n) is 7.46. The number of hydrogen-bond donors (Lipinski definition) is 1. The van der Waals surface area contributed by atoms with E-state index in [4.69, 9.17) is 9.84 Å². The molecular formula is C17H18FNO5S. The molecule has 0 heterocycles. The molecule has 6 nitrogen and oxygen atoms in total. The number of aryl methyl sites for hydroxylation is 1. The van der Waals surface area contributed by atoms with Crippen LogP contribution in [-0.2, 0) is 21.2 Å². The number of rotatable bonds is 7. The van der Waals surface area contributed by atoms with Gasteiger partial charge in [0.05, 0.1) is 17.7 Å². The lowest BCUT2D eigenvalue weighted by atomic mass is 10.1. The van der Waals surface area contributed by atoms with Crippen molar-refractivity contribution in [3.05, 3.63) is 53.8 Å². The second kappa shape index (κ2) is 7.52. The second-order valence-corrected chi connectivity index (χ2v) is 7.08. The van der Waals surface area contributed by atoms with E-state index in [1.54, 1.807) is 12.1 Å². The first-order chi connectivity index (χ1) is 11.8. The molecule has 0 bridgehead atoms. The van der Waals surface area contributed by atoms with Crippen LogP contribution in [0.25, 0.3) is 0 Å². The summed E-state index contributed by atoms with van der Waals surface area (Å²) in [5.74, 6) is -2.27. The Hall–Kier alpha value is -2.61. The maximum Gasteiger partial charge on any atom is 0.324 e. The quantitative estimate of drug-likeness (QED) is 0.813. The van der Waals surface area contributed by atoms with Gasteiger partial charge in [-0.3, -0.25) is 9.10 Å². The Balaban J connectivity index is 2.51. The van der Waals surface area contributed by atoms with E-state index in [9.17, 15) is 17.6 Å². The molecule has 8 heteroatoms. The van der Waals surface area contributed by atoms with Crippen molar-refractivity contribution in [1.29, 1.82) is 0 Å². The van der Waals surface area contributed by atoms with Gasteiger partial charge >= 0.3 is 5.97 Å². The number of aliphatic carboxylic acids is 1. The summed E-state index contributed by atoms with van der Waals surface area (Å²) in [6, 6.07) is 9.65. The fourth-order valence-electron chi connectivity index (χ4n) is 2.27.